The van der Waals surface area contributed by atoms with Crippen molar-refractivity contribution in [3.05, 3.63) is 42.3 Å². The summed E-state index contributed by atoms with van der Waals surface area (Å²) in [6, 6.07) is 7.03. The summed E-state index contributed by atoms with van der Waals surface area (Å²) in [5.41, 5.74) is 0.657. The lowest BCUT2D eigenvalue weighted by Crippen LogP contribution is -2.02. The molecule has 0 aliphatic heterocycles. The highest BCUT2D eigenvalue weighted by Crippen LogP contribution is 2.18. The van der Waals surface area contributed by atoms with Crippen molar-refractivity contribution >= 4 is 17.5 Å². The van der Waals surface area contributed by atoms with Crippen molar-refractivity contribution in [1.82, 2.24) is 4.98 Å². The van der Waals surface area contributed by atoms with Crippen LogP contribution in [-0.2, 0) is 0 Å². The number of benzene rings is 1. The fourth-order valence-electron chi connectivity index (χ4n) is 1.27. The first kappa shape index (κ1) is 11.7. The molecule has 5 heteroatoms. The van der Waals surface area contributed by atoms with Gasteiger partial charge in [-0.3, -0.25) is 4.79 Å². The van der Waals surface area contributed by atoms with E-state index in [2.05, 4.69) is 4.98 Å². The van der Waals surface area contributed by atoms with Crippen LogP contribution in [0.15, 0.2) is 46.4 Å². The number of carbonyl (C=O) groups is 1. The van der Waals surface area contributed by atoms with E-state index in [1.807, 2.05) is 0 Å². The molecule has 88 valence electrons. The van der Waals surface area contributed by atoms with Crippen LogP contribution in [0.5, 0.6) is 5.75 Å². The van der Waals surface area contributed by atoms with Crippen LogP contribution in [-0.4, -0.2) is 23.6 Å². The summed E-state index contributed by atoms with van der Waals surface area (Å²) in [5, 5.41) is 0.506. The van der Waals surface area contributed by atoms with Gasteiger partial charge in [-0.05, 0) is 24.3 Å². The van der Waals surface area contributed by atoms with Crippen LogP contribution in [0.25, 0.3) is 0 Å². The van der Waals surface area contributed by atoms with Gasteiger partial charge in [-0.1, -0.05) is 11.8 Å². The molecule has 0 spiro atoms. The van der Waals surface area contributed by atoms with Crippen LogP contribution in [0.2, 0.25) is 0 Å². The topological polar surface area (TPSA) is 52.3 Å². The molecular formula is C12H11NO3S. The Hall–Kier alpha value is -1.75. The Morgan fingerprint density at radius 2 is 2.18 bits per heavy atom. The molecule has 0 saturated carbocycles. The highest BCUT2D eigenvalue weighted by Gasteiger charge is 2.08. The molecule has 0 aliphatic rings. The number of Topliss-reactive ketones (excluding diaryl/α,β-unsaturated/α-hetero) is 1. The number of aromatic nitrogens is 1. The molecule has 0 bridgehead atoms. The second-order valence-electron chi connectivity index (χ2n) is 3.24. The molecule has 0 fully saturated rings. The summed E-state index contributed by atoms with van der Waals surface area (Å²) in [6.07, 6.45) is 3.04. The minimum absolute atomic E-state index is 0.0378. The maximum atomic E-state index is 11.8. The van der Waals surface area contributed by atoms with Crippen molar-refractivity contribution in [2.75, 3.05) is 12.9 Å². The Balaban J connectivity index is 1.95. The average Bonchev–Trinajstić information content (AvgIpc) is 2.89. The second kappa shape index (κ2) is 5.54. The van der Waals surface area contributed by atoms with Crippen LogP contribution in [0.4, 0.5) is 0 Å². The van der Waals surface area contributed by atoms with E-state index in [-0.39, 0.29) is 5.78 Å². The van der Waals surface area contributed by atoms with Gasteiger partial charge in [0.2, 0.25) is 0 Å². The highest BCUT2D eigenvalue weighted by atomic mass is 32.2. The number of hydrogen-bond donors (Lipinski definition) is 0. The van der Waals surface area contributed by atoms with Gasteiger partial charge in [0.15, 0.2) is 5.78 Å². The van der Waals surface area contributed by atoms with Crippen molar-refractivity contribution in [1.29, 1.82) is 0 Å². The Kier molecular flexibility index (Phi) is 3.82. The van der Waals surface area contributed by atoms with E-state index in [4.69, 9.17) is 9.15 Å². The number of carbonyl (C=O) groups excluding carboxylic acids is 1. The van der Waals surface area contributed by atoms with E-state index in [0.29, 0.717) is 16.5 Å². The van der Waals surface area contributed by atoms with Crippen molar-refractivity contribution in [3.63, 3.8) is 0 Å². The van der Waals surface area contributed by atoms with Crippen LogP contribution in [0.1, 0.15) is 10.4 Å². The normalized spacial score (nSPS) is 10.2. The first-order valence-electron chi connectivity index (χ1n) is 4.99. The van der Waals surface area contributed by atoms with Gasteiger partial charge in [-0.15, -0.1) is 0 Å². The average molecular weight is 249 g/mol. The fourth-order valence-corrected chi connectivity index (χ4v) is 1.95. The zero-order valence-corrected chi connectivity index (χ0v) is 10.1. The number of rotatable bonds is 5. The Morgan fingerprint density at radius 1 is 1.41 bits per heavy atom. The summed E-state index contributed by atoms with van der Waals surface area (Å²) < 4.78 is 10.1. The molecule has 0 N–H and O–H groups in total. The molecule has 0 saturated heterocycles. The zero-order chi connectivity index (χ0) is 12.1. The number of nitrogens with zero attached hydrogens (tertiary/aromatic N) is 1. The largest absolute Gasteiger partial charge is 0.497 e. The summed E-state index contributed by atoms with van der Waals surface area (Å²) >= 11 is 1.28. The van der Waals surface area contributed by atoms with E-state index < -0.39 is 0 Å². The molecule has 1 aromatic carbocycles. The van der Waals surface area contributed by atoms with Gasteiger partial charge in [0.25, 0.3) is 5.22 Å². The van der Waals surface area contributed by atoms with Gasteiger partial charge in [0.1, 0.15) is 12.0 Å². The lowest BCUT2D eigenvalue weighted by atomic mass is 10.1. The Bertz CT molecular complexity index is 479. The third kappa shape index (κ3) is 3.10. The molecule has 4 nitrogen and oxygen atoms in total. The Morgan fingerprint density at radius 3 is 2.76 bits per heavy atom. The molecule has 2 rings (SSSR count). The van der Waals surface area contributed by atoms with Gasteiger partial charge in [0, 0.05) is 5.56 Å². The number of thioether (sulfide) groups is 1. The number of ether oxygens (including phenoxy) is 1. The third-order valence-electron chi connectivity index (χ3n) is 2.15. The second-order valence-corrected chi connectivity index (χ2v) is 4.16. The van der Waals surface area contributed by atoms with E-state index >= 15 is 0 Å². The maximum Gasteiger partial charge on any atom is 0.255 e. The quantitative estimate of drug-likeness (QED) is 0.602. The maximum absolute atomic E-state index is 11.8. The minimum Gasteiger partial charge on any atom is -0.497 e. The smallest absolute Gasteiger partial charge is 0.255 e. The Labute approximate surface area is 103 Å². The van der Waals surface area contributed by atoms with E-state index in [1.54, 1.807) is 37.6 Å². The first-order valence-corrected chi connectivity index (χ1v) is 5.97. The molecular weight excluding hydrogens is 238 g/mol. The van der Waals surface area contributed by atoms with Gasteiger partial charge in [-0.25, -0.2) is 4.98 Å². The predicted octanol–water partition coefficient (Wildman–Crippen LogP) is 2.66. The lowest BCUT2D eigenvalue weighted by Gasteiger charge is -2.01. The summed E-state index contributed by atoms with van der Waals surface area (Å²) in [6.45, 7) is 0. The van der Waals surface area contributed by atoms with Crippen molar-refractivity contribution in [2.24, 2.45) is 0 Å². The van der Waals surface area contributed by atoms with Crippen molar-refractivity contribution in [3.8, 4) is 5.75 Å². The summed E-state index contributed by atoms with van der Waals surface area (Å²) in [5.74, 6) is 1.09. The molecule has 0 unspecified atom stereocenters. The zero-order valence-electron chi connectivity index (χ0n) is 9.25. The first-order chi connectivity index (χ1) is 8.29. The van der Waals surface area contributed by atoms with Gasteiger partial charge in [-0.2, -0.15) is 0 Å². The van der Waals surface area contributed by atoms with E-state index in [1.165, 1.54) is 18.0 Å². The minimum atomic E-state index is 0.0378. The number of methoxy groups -OCH3 is 1. The number of oxazole rings is 1. The third-order valence-corrected chi connectivity index (χ3v) is 3.00. The highest BCUT2D eigenvalue weighted by molar-refractivity contribution is 7.99. The van der Waals surface area contributed by atoms with Crippen molar-refractivity contribution in [2.45, 2.75) is 5.22 Å². The molecule has 17 heavy (non-hydrogen) atoms. The predicted molar refractivity (Wildman–Crippen MR) is 64.6 cm³/mol. The molecule has 0 radical (unpaired) electrons. The fraction of sp³-hybridized carbons (Fsp3) is 0.167. The van der Waals surface area contributed by atoms with E-state index in [0.717, 1.165) is 5.75 Å². The number of ketones is 1. The SMILES string of the molecule is COc1ccc(C(=O)CSc2ncco2)cc1. The van der Waals surface area contributed by atoms with Crippen LogP contribution >= 0.6 is 11.8 Å². The molecule has 1 aromatic heterocycles. The van der Waals surface area contributed by atoms with E-state index in [9.17, 15) is 4.79 Å². The van der Waals surface area contributed by atoms with Crippen molar-refractivity contribution < 1.29 is 13.9 Å². The molecule has 0 atom stereocenters. The van der Waals surface area contributed by atoms with Crippen LogP contribution in [0.3, 0.4) is 0 Å². The molecule has 0 aliphatic carbocycles. The lowest BCUT2D eigenvalue weighted by molar-refractivity contribution is 0.102. The standard InChI is InChI=1S/C12H11NO3S/c1-15-10-4-2-9(3-5-10)11(14)8-17-12-13-6-7-16-12/h2-7H,8H2,1H3. The molecule has 1 heterocycles. The van der Waals surface area contributed by atoms with Crippen LogP contribution in [0, 0.1) is 0 Å². The van der Waals surface area contributed by atoms with Gasteiger partial charge < -0.3 is 9.15 Å². The summed E-state index contributed by atoms with van der Waals surface area (Å²) in [4.78, 5) is 15.7. The van der Waals surface area contributed by atoms with Gasteiger partial charge in [0.05, 0.1) is 19.1 Å². The monoisotopic (exact) mass is 249 g/mol. The summed E-state index contributed by atoms with van der Waals surface area (Å²) in [7, 11) is 1.59. The van der Waals surface area contributed by atoms with Gasteiger partial charge >= 0.3 is 0 Å². The molecule has 0 amide bonds. The van der Waals surface area contributed by atoms with Crippen LogP contribution < -0.4 is 4.74 Å². The molecule has 2 aromatic rings. The number of hydrogen-bond acceptors (Lipinski definition) is 5.